The molecule has 2 unspecified atom stereocenters. The third-order valence-electron chi connectivity index (χ3n) is 3.87. The van der Waals surface area contributed by atoms with Crippen LogP contribution in [0.3, 0.4) is 0 Å². The summed E-state index contributed by atoms with van der Waals surface area (Å²) in [6.07, 6.45) is 5.91. The third kappa shape index (κ3) is 3.29. The molecule has 1 saturated carbocycles. The van der Waals surface area contributed by atoms with E-state index in [-0.39, 0.29) is 0 Å². The molecule has 0 saturated heterocycles. The Bertz CT molecular complexity index is 602. The van der Waals surface area contributed by atoms with Crippen LogP contribution in [0.1, 0.15) is 19.3 Å². The molecule has 0 amide bonds. The fraction of sp³-hybridized carbons (Fsp3) is 0.375. The average Bonchev–Trinajstić information content (AvgIpc) is 2.95. The van der Waals surface area contributed by atoms with Gasteiger partial charge in [0.25, 0.3) is 0 Å². The number of aromatic nitrogens is 2. The molecule has 1 aromatic heterocycles. The topological polar surface area (TPSA) is 63.8 Å². The number of rotatable bonds is 4. The molecule has 2 atom stereocenters. The smallest absolute Gasteiger partial charge is 0.163 e. The molecular weight excluding hydrogens is 280 g/mol. The fourth-order valence-corrected chi connectivity index (χ4v) is 3.75. The SMILES string of the molecule is CSC1CCCC1Nc1cc(N)nc(-c2ccccc2)n1. The minimum Gasteiger partial charge on any atom is -0.384 e. The second kappa shape index (κ2) is 6.35. The summed E-state index contributed by atoms with van der Waals surface area (Å²) < 4.78 is 0. The predicted molar refractivity (Wildman–Crippen MR) is 90.4 cm³/mol. The molecule has 0 bridgehead atoms. The number of nitrogens with one attached hydrogen (secondary N) is 1. The zero-order valence-corrected chi connectivity index (χ0v) is 12.9. The molecule has 3 N–H and O–H groups in total. The number of hydrogen-bond acceptors (Lipinski definition) is 5. The van der Waals surface area contributed by atoms with Crippen LogP contribution >= 0.6 is 11.8 Å². The summed E-state index contributed by atoms with van der Waals surface area (Å²) in [5.74, 6) is 2.01. The lowest BCUT2D eigenvalue weighted by molar-refractivity contribution is 0.763. The second-order valence-corrected chi connectivity index (χ2v) is 6.40. The molecule has 110 valence electrons. The van der Waals surface area contributed by atoms with Crippen molar-refractivity contribution in [1.29, 1.82) is 0 Å². The Morgan fingerprint density at radius 1 is 1.19 bits per heavy atom. The van der Waals surface area contributed by atoms with Crippen molar-refractivity contribution in [1.82, 2.24) is 9.97 Å². The van der Waals surface area contributed by atoms with Gasteiger partial charge in [-0.3, -0.25) is 0 Å². The summed E-state index contributed by atoms with van der Waals surface area (Å²) in [6, 6.07) is 12.2. The highest BCUT2D eigenvalue weighted by atomic mass is 32.2. The van der Waals surface area contributed by atoms with Crippen LogP contribution in [0, 0.1) is 0 Å². The molecule has 1 fully saturated rings. The minimum atomic E-state index is 0.470. The first kappa shape index (κ1) is 14.2. The lowest BCUT2D eigenvalue weighted by Gasteiger charge is -2.20. The summed E-state index contributed by atoms with van der Waals surface area (Å²) in [7, 11) is 0. The van der Waals surface area contributed by atoms with E-state index in [0.29, 0.717) is 22.9 Å². The van der Waals surface area contributed by atoms with Gasteiger partial charge in [0, 0.05) is 22.9 Å². The lowest BCUT2D eigenvalue weighted by Crippen LogP contribution is -2.26. The van der Waals surface area contributed by atoms with Crippen molar-refractivity contribution < 1.29 is 0 Å². The molecule has 3 rings (SSSR count). The largest absolute Gasteiger partial charge is 0.384 e. The van der Waals surface area contributed by atoms with E-state index in [4.69, 9.17) is 5.73 Å². The van der Waals surface area contributed by atoms with Gasteiger partial charge in [0.2, 0.25) is 0 Å². The molecule has 2 aromatic rings. The number of anilines is 2. The van der Waals surface area contributed by atoms with Gasteiger partial charge < -0.3 is 11.1 Å². The van der Waals surface area contributed by atoms with Gasteiger partial charge in [-0.1, -0.05) is 36.8 Å². The van der Waals surface area contributed by atoms with Crippen LogP contribution < -0.4 is 11.1 Å². The number of nitrogens with zero attached hydrogens (tertiary/aromatic N) is 2. The van der Waals surface area contributed by atoms with Gasteiger partial charge in [0.1, 0.15) is 11.6 Å². The van der Waals surface area contributed by atoms with Crippen LogP contribution in [-0.2, 0) is 0 Å². The average molecular weight is 300 g/mol. The minimum absolute atomic E-state index is 0.470. The van der Waals surface area contributed by atoms with Gasteiger partial charge in [0.15, 0.2) is 5.82 Å². The summed E-state index contributed by atoms with van der Waals surface area (Å²) in [5, 5.41) is 4.19. The highest BCUT2D eigenvalue weighted by Gasteiger charge is 2.26. The summed E-state index contributed by atoms with van der Waals surface area (Å²) in [5.41, 5.74) is 6.93. The van der Waals surface area contributed by atoms with E-state index in [1.165, 1.54) is 19.3 Å². The molecular formula is C16H20N4S. The maximum absolute atomic E-state index is 5.94. The Kier molecular flexibility index (Phi) is 4.29. The standard InChI is InChI=1S/C16H20N4S/c1-21-13-9-5-8-12(13)18-15-10-14(17)19-16(20-15)11-6-3-2-4-7-11/h2-4,6-7,10,12-13H,5,8-9H2,1H3,(H3,17,18,19,20). The summed E-state index contributed by atoms with van der Waals surface area (Å²) in [6.45, 7) is 0. The van der Waals surface area contributed by atoms with Crippen LogP contribution in [0.15, 0.2) is 36.4 Å². The number of hydrogen-bond donors (Lipinski definition) is 2. The van der Waals surface area contributed by atoms with E-state index < -0.39 is 0 Å². The van der Waals surface area contributed by atoms with E-state index >= 15 is 0 Å². The Labute approximate surface area is 129 Å². The van der Waals surface area contributed by atoms with Gasteiger partial charge in [-0.15, -0.1) is 0 Å². The van der Waals surface area contributed by atoms with Gasteiger partial charge in [0.05, 0.1) is 0 Å². The van der Waals surface area contributed by atoms with Crippen molar-refractivity contribution in [3.63, 3.8) is 0 Å². The monoisotopic (exact) mass is 300 g/mol. The maximum Gasteiger partial charge on any atom is 0.163 e. The molecule has 4 nitrogen and oxygen atoms in total. The van der Waals surface area contributed by atoms with Crippen molar-refractivity contribution in [2.75, 3.05) is 17.3 Å². The van der Waals surface area contributed by atoms with Crippen LogP contribution in [-0.4, -0.2) is 27.5 Å². The second-order valence-electron chi connectivity index (χ2n) is 5.32. The quantitative estimate of drug-likeness (QED) is 0.906. The van der Waals surface area contributed by atoms with Gasteiger partial charge in [-0.25, -0.2) is 9.97 Å². The summed E-state index contributed by atoms with van der Waals surface area (Å²) in [4.78, 5) is 8.96. The van der Waals surface area contributed by atoms with Crippen LogP contribution in [0.4, 0.5) is 11.6 Å². The molecule has 0 radical (unpaired) electrons. The molecule has 21 heavy (non-hydrogen) atoms. The van der Waals surface area contributed by atoms with Crippen molar-refractivity contribution >= 4 is 23.4 Å². The van der Waals surface area contributed by atoms with E-state index in [2.05, 4.69) is 21.5 Å². The molecule has 5 heteroatoms. The first-order chi connectivity index (χ1) is 10.3. The molecule has 1 heterocycles. The van der Waals surface area contributed by atoms with Gasteiger partial charge in [-0.05, 0) is 19.1 Å². The van der Waals surface area contributed by atoms with Crippen LogP contribution in [0.5, 0.6) is 0 Å². The van der Waals surface area contributed by atoms with E-state index in [1.54, 1.807) is 0 Å². The van der Waals surface area contributed by atoms with Crippen molar-refractivity contribution in [3.05, 3.63) is 36.4 Å². The van der Waals surface area contributed by atoms with E-state index in [9.17, 15) is 0 Å². The van der Waals surface area contributed by atoms with Crippen LogP contribution in [0.25, 0.3) is 11.4 Å². The lowest BCUT2D eigenvalue weighted by atomic mass is 10.2. The first-order valence-corrected chi connectivity index (χ1v) is 8.54. The predicted octanol–water partition coefficient (Wildman–Crippen LogP) is 3.42. The maximum atomic E-state index is 5.94. The van der Waals surface area contributed by atoms with Crippen molar-refractivity contribution in [3.8, 4) is 11.4 Å². The van der Waals surface area contributed by atoms with Crippen molar-refractivity contribution in [2.45, 2.75) is 30.6 Å². The fourth-order valence-electron chi connectivity index (χ4n) is 2.82. The highest BCUT2D eigenvalue weighted by Crippen LogP contribution is 2.31. The molecule has 0 spiro atoms. The zero-order chi connectivity index (χ0) is 14.7. The molecule has 1 aliphatic rings. The van der Waals surface area contributed by atoms with Crippen molar-refractivity contribution in [2.24, 2.45) is 0 Å². The zero-order valence-electron chi connectivity index (χ0n) is 12.1. The Morgan fingerprint density at radius 2 is 2.00 bits per heavy atom. The number of nitrogens with two attached hydrogens (primary N) is 1. The Hall–Kier alpha value is -1.75. The van der Waals surface area contributed by atoms with Crippen LogP contribution in [0.2, 0.25) is 0 Å². The normalized spacial score (nSPS) is 21.4. The first-order valence-electron chi connectivity index (χ1n) is 7.25. The van der Waals surface area contributed by atoms with Gasteiger partial charge >= 0.3 is 0 Å². The van der Waals surface area contributed by atoms with Gasteiger partial charge in [-0.2, -0.15) is 11.8 Å². The number of thioether (sulfide) groups is 1. The Morgan fingerprint density at radius 3 is 2.76 bits per heavy atom. The van der Waals surface area contributed by atoms with E-state index in [1.807, 2.05) is 48.2 Å². The third-order valence-corrected chi connectivity index (χ3v) is 5.04. The number of benzene rings is 1. The molecule has 0 aliphatic heterocycles. The highest BCUT2D eigenvalue weighted by molar-refractivity contribution is 7.99. The molecule has 1 aliphatic carbocycles. The summed E-state index contributed by atoms with van der Waals surface area (Å²) >= 11 is 1.93. The number of nitrogen functional groups attached to an aromatic ring is 1. The Balaban J connectivity index is 1.85. The van der Waals surface area contributed by atoms with E-state index in [0.717, 1.165) is 11.4 Å². The molecule has 1 aromatic carbocycles.